The van der Waals surface area contributed by atoms with E-state index in [4.69, 9.17) is 9.26 Å². The zero-order chi connectivity index (χ0) is 22.9. The Labute approximate surface area is 182 Å². The van der Waals surface area contributed by atoms with E-state index < -0.39 is 23.8 Å². The van der Waals surface area contributed by atoms with Crippen LogP contribution in [0.2, 0.25) is 0 Å². The van der Waals surface area contributed by atoms with Crippen molar-refractivity contribution >= 4 is 5.91 Å². The molecule has 1 aliphatic rings. The lowest BCUT2D eigenvalue weighted by Crippen LogP contribution is -2.35. The number of methoxy groups -OCH3 is 1. The predicted molar refractivity (Wildman–Crippen MR) is 109 cm³/mol. The molecular formula is C22H23F3N4O3. The fraction of sp³-hybridized carbons (Fsp3) is 0.409. The van der Waals surface area contributed by atoms with Crippen LogP contribution in [0, 0.1) is 0 Å². The van der Waals surface area contributed by atoms with Gasteiger partial charge in [0.15, 0.2) is 17.1 Å². The third-order valence-electron chi connectivity index (χ3n) is 5.66. The molecule has 1 aromatic carbocycles. The van der Waals surface area contributed by atoms with Gasteiger partial charge in [-0.3, -0.25) is 9.48 Å². The number of para-hydroxylation sites is 1. The Balaban J connectivity index is 1.66. The molecule has 2 aromatic heterocycles. The van der Waals surface area contributed by atoms with E-state index in [1.54, 1.807) is 17.0 Å². The SMILES string of the molecule is COc1ccccc1-c1cc(C(=O)N2CCCCC[C@@H]2c2cc(C(F)(F)F)nn2C)no1. The van der Waals surface area contributed by atoms with Crippen LogP contribution in [0.3, 0.4) is 0 Å². The van der Waals surface area contributed by atoms with Gasteiger partial charge in [-0.15, -0.1) is 0 Å². The molecule has 0 unspecified atom stereocenters. The molecule has 0 saturated carbocycles. The number of amides is 1. The topological polar surface area (TPSA) is 73.4 Å². The smallest absolute Gasteiger partial charge is 0.435 e. The lowest BCUT2D eigenvalue weighted by Gasteiger charge is -2.29. The van der Waals surface area contributed by atoms with Crippen LogP contribution in [0.25, 0.3) is 11.3 Å². The lowest BCUT2D eigenvalue weighted by molar-refractivity contribution is -0.141. The van der Waals surface area contributed by atoms with Gasteiger partial charge in [0, 0.05) is 19.7 Å². The molecule has 1 aliphatic heterocycles. The van der Waals surface area contributed by atoms with Crippen molar-refractivity contribution < 1.29 is 27.2 Å². The molecule has 7 nitrogen and oxygen atoms in total. The highest BCUT2D eigenvalue weighted by molar-refractivity contribution is 5.93. The summed E-state index contributed by atoms with van der Waals surface area (Å²) >= 11 is 0. The number of aromatic nitrogens is 3. The van der Waals surface area contributed by atoms with Gasteiger partial charge in [-0.2, -0.15) is 18.3 Å². The van der Waals surface area contributed by atoms with Crippen molar-refractivity contribution in [2.45, 2.75) is 37.9 Å². The van der Waals surface area contributed by atoms with Crippen LogP contribution >= 0.6 is 0 Å². The second-order valence-corrected chi connectivity index (χ2v) is 7.72. The normalized spacial score (nSPS) is 17.3. The van der Waals surface area contributed by atoms with Gasteiger partial charge in [0.05, 0.1) is 24.4 Å². The fourth-order valence-electron chi connectivity index (χ4n) is 4.09. The van der Waals surface area contributed by atoms with Crippen LogP contribution in [0.5, 0.6) is 5.75 Å². The van der Waals surface area contributed by atoms with Gasteiger partial charge in [-0.1, -0.05) is 30.1 Å². The van der Waals surface area contributed by atoms with Crippen molar-refractivity contribution in [3.05, 3.63) is 53.5 Å². The van der Waals surface area contributed by atoms with Crippen molar-refractivity contribution in [1.82, 2.24) is 19.8 Å². The van der Waals surface area contributed by atoms with Crippen molar-refractivity contribution in [3.8, 4) is 17.1 Å². The molecule has 0 aliphatic carbocycles. The highest BCUT2D eigenvalue weighted by Crippen LogP contribution is 2.36. The first-order valence-electron chi connectivity index (χ1n) is 10.3. The van der Waals surface area contributed by atoms with Crippen molar-refractivity contribution in [1.29, 1.82) is 0 Å². The molecule has 0 radical (unpaired) electrons. The number of likely N-dealkylation sites (tertiary alicyclic amines) is 1. The summed E-state index contributed by atoms with van der Waals surface area (Å²) in [5.41, 5.74) is 0.124. The second-order valence-electron chi connectivity index (χ2n) is 7.72. The van der Waals surface area contributed by atoms with E-state index >= 15 is 0 Å². The average molecular weight is 448 g/mol. The van der Waals surface area contributed by atoms with Gasteiger partial charge in [-0.05, 0) is 31.0 Å². The quantitative estimate of drug-likeness (QED) is 0.570. The fourth-order valence-corrected chi connectivity index (χ4v) is 4.09. The first-order chi connectivity index (χ1) is 15.3. The number of hydrogen-bond donors (Lipinski definition) is 0. The summed E-state index contributed by atoms with van der Waals surface area (Å²) in [4.78, 5) is 14.9. The zero-order valence-electron chi connectivity index (χ0n) is 17.7. The Bertz CT molecular complexity index is 1110. The Hall–Kier alpha value is -3.30. The van der Waals surface area contributed by atoms with Crippen molar-refractivity contribution in [3.63, 3.8) is 0 Å². The highest BCUT2D eigenvalue weighted by Gasteiger charge is 2.38. The predicted octanol–water partition coefficient (Wildman–Crippen LogP) is 4.86. The summed E-state index contributed by atoms with van der Waals surface area (Å²) < 4.78 is 51.5. The van der Waals surface area contributed by atoms with Crippen LogP contribution < -0.4 is 4.74 Å². The van der Waals surface area contributed by atoms with Crippen LogP contribution in [-0.2, 0) is 13.2 Å². The molecule has 10 heteroatoms. The third-order valence-corrected chi connectivity index (χ3v) is 5.66. The number of carbonyl (C=O) groups excluding carboxylic acids is 1. The molecule has 1 atom stereocenters. The molecular weight excluding hydrogens is 425 g/mol. The van der Waals surface area contributed by atoms with Gasteiger partial charge in [0.2, 0.25) is 0 Å². The van der Waals surface area contributed by atoms with Gasteiger partial charge in [0.25, 0.3) is 5.91 Å². The minimum Gasteiger partial charge on any atom is -0.496 e. The van der Waals surface area contributed by atoms with E-state index in [9.17, 15) is 18.0 Å². The number of carbonyl (C=O) groups is 1. The standard InChI is InChI=1S/C22H23F3N4O3/c1-28-17(13-20(26-28)22(23,24)25)16-9-4-3-7-11-29(16)21(30)15-12-19(32-27-15)14-8-5-6-10-18(14)31-2/h5-6,8,10,12-13,16H,3-4,7,9,11H2,1-2H3/t16-/m1/s1. The molecule has 1 saturated heterocycles. The Morgan fingerprint density at radius 2 is 1.97 bits per heavy atom. The summed E-state index contributed by atoms with van der Waals surface area (Å²) in [6.45, 7) is 0.410. The van der Waals surface area contributed by atoms with Gasteiger partial charge in [0.1, 0.15) is 5.75 Å². The summed E-state index contributed by atoms with van der Waals surface area (Å²) in [5, 5.41) is 7.57. The van der Waals surface area contributed by atoms with E-state index in [0.717, 1.165) is 25.3 Å². The van der Waals surface area contributed by atoms with E-state index in [-0.39, 0.29) is 5.69 Å². The molecule has 4 rings (SSSR count). The summed E-state index contributed by atoms with van der Waals surface area (Å²) in [7, 11) is 3.00. The molecule has 0 N–H and O–H groups in total. The highest BCUT2D eigenvalue weighted by atomic mass is 19.4. The number of hydrogen-bond acceptors (Lipinski definition) is 5. The van der Waals surface area contributed by atoms with Crippen LogP contribution in [0.15, 0.2) is 40.9 Å². The number of rotatable bonds is 4. The second kappa shape index (κ2) is 8.68. The molecule has 0 bridgehead atoms. The maximum absolute atomic E-state index is 13.4. The number of ether oxygens (including phenoxy) is 1. The molecule has 0 spiro atoms. The number of aryl methyl sites for hydroxylation is 1. The zero-order valence-corrected chi connectivity index (χ0v) is 17.7. The molecule has 1 amide bonds. The number of halogens is 3. The van der Waals surface area contributed by atoms with Crippen LogP contribution in [0.4, 0.5) is 13.2 Å². The lowest BCUT2D eigenvalue weighted by atomic mass is 10.1. The number of nitrogens with zero attached hydrogens (tertiary/aromatic N) is 4. The van der Waals surface area contributed by atoms with E-state index in [2.05, 4.69) is 10.3 Å². The monoisotopic (exact) mass is 448 g/mol. The molecule has 3 aromatic rings. The minimum absolute atomic E-state index is 0.0935. The third kappa shape index (κ3) is 4.21. The van der Waals surface area contributed by atoms with E-state index in [1.165, 1.54) is 24.9 Å². The Morgan fingerprint density at radius 3 is 2.69 bits per heavy atom. The minimum atomic E-state index is -4.55. The molecule has 32 heavy (non-hydrogen) atoms. The Kier molecular flexibility index (Phi) is 5.94. The van der Waals surface area contributed by atoms with Gasteiger partial charge in [-0.25, -0.2) is 0 Å². The first-order valence-corrected chi connectivity index (χ1v) is 10.3. The summed E-state index contributed by atoms with van der Waals surface area (Å²) in [5.74, 6) is 0.554. The number of alkyl halides is 3. The molecule has 1 fully saturated rings. The maximum Gasteiger partial charge on any atom is 0.435 e. The number of benzene rings is 1. The van der Waals surface area contributed by atoms with Crippen molar-refractivity contribution in [2.24, 2.45) is 7.05 Å². The van der Waals surface area contributed by atoms with Crippen molar-refractivity contribution in [2.75, 3.05) is 13.7 Å². The van der Waals surface area contributed by atoms with E-state index in [1.807, 2.05) is 12.1 Å². The van der Waals surface area contributed by atoms with Gasteiger partial charge < -0.3 is 14.2 Å². The van der Waals surface area contributed by atoms with Gasteiger partial charge >= 0.3 is 6.18 Å². The van der Waals surface area contributed by atoms with E-state index in [0.29, 0.717) is 35.7 Å². The largest absolute Gasteiger partial charge is 0.496 e. The summed E-state index contributed by atoms with van der Waals surface area (Å²) in [6, 6.07) is 9.21. The maximum atomic E-state index is 13.4. The molecule has 3 heterocycles. The first kappa shape index (κ1) is 21.9. The Morgan fingerprint density at radius 1 is 1.19 bits per heavy atom. The molecule has 170 valence electrons. The average Bonchev–Trinajstić information content (AvgIpc) is 3.34. The van der Waals surface area contributed by atoms with Crippen LogP contribution in [0.1, 0.15) is 53.6 Å². The van der Waals surface area contributed by atoms with Crippen LogP contribution in [-0.4, -0.2) is 39.4 Å². The summed E-state index contributed by atoms with van der Waals surface area (Å²) in [6.07, 6.45) is -1.57.